The number of hydrogen-bond donors (Lipinski definition) is 1. The first-order chi connectivity index (χ1) is 11.5. The number of nitrogens with one attached hydrogen (secondary N) is 1. The van der Waals surface area contributed by atoms with Crippen LogP contribution in [0, 0.1) is 5.82 Å². The summed E-state index contributed by atoms with van der Waals surface area (Å²) < 4.78 is 13.2. The van der Waals surface area contributed by atoms with Crippen molar-refractivity contribution in [3.63, 3.8) is 0 Å². The van der Waals surface area contributed by atoms with Crippen LogP contribution < -0.4 is 5.32 Å². The van der Waals surface area contributed by atoms with Crippen molar-refractivity contribution in [3.05, 3.63) is 70.5 Å². The Kier molecular flexibility index (Phi) is 4.28. The molecule has 0 radical (unpaired) electrons. The van der Waals surface area contributed by atoms with Crippen LogP contribution in [-0.4, -0.2) is 16.8 Å². The zero-order valence-electron chi connectivity index (χ0n) is 13.1. The molecule has 0 saturated carbocycles. The SMILES string of the molecule is CC[C@@]1(c2ccc(F)cc2)NC(=O)N(Cc2ccc(Cl)cc2)C1=O. The molecule has 1 aliphatic heterocycles. The second kappa shape index (κ2) is 6.24. The molecule has 4 nitrogen and oxygen atoms in total. The average Bonchev–Trinajstić information content (AvgIpc) is 2.82. The Balaban J connectivity index is 1.91. The minimum atomic E-state index is -1.16. The first-order valence-electron chi connectivity index (χ1n) is 7.61. The van der Waals surface area contributed by atoms with Crippen LogP contribution in [0.4, 0.5) is 9.18 Å². The highest BCUT2D eigenvalue weighted by atomic mass is 35.5. The van der Waals surface area contributed by atoms with Gasteiger partial charge in [-0.1, -0.05) is 42.8 Å². The Morgan fingerprint density at radius 1 is 1.08 bits per heavy atom. The fourth-order valence-electron chi connectivity index (χ4n) is 2.92. The van der Waals surface area contributed by atoms with Crippen molar-refractivity contribution in [1.82, 2.24) is 10.2 Å². The first kappa shape index (κ1) is 16.5. The van der Waals surface area contributed by atoms with E-state index in [-0.39, 0.29) is 18.3 Å². The highest BCUT2D eigenvalue weighted by molar-refractivity contribution is 6.30. The molecule has 0 bridgehead atoms. The van der Waals surface area contributed by atoms with E-state index in [9.17, 15) is 14.0 Å². The molecule has 0 unspecified atom stereocenters. The van der Waals surface area contributed by atoms with E-state index < -0.39 is 11.6 Å². The molecular formula is C18H16ClFN2O2. The molecule has 2 aromatic carbocycles. The number of hydrogen-bond acceptors (Lipinski definition) is 2. The Bertz CT molecular complexity index is 777. The van der Waals surface area contributed by atoms with Crippen LogP contribution in [0.1, 0.15) is 24.5 Å². The molecule has 1 atom stereocenters. The number of carbonyl (C=O) groups is 2. The van der Waals surface area contributed by atoms with Gasteiger partial charge in [0.1, 0.15) is 11.4 Å². The second-order valence-corrected chi connectivity index (χ2v) is 6.15. The van der Waals surface area contributed by atoms with Crippen molar-refractivity contribution in [2.45, 2.75) is 25.4 Å². The van der Waals surface area contributed by atoms with Gasteiger partial charge in [0.2, 0.25) is 0 Å². The fourth-order valence-corrected chi connectivity index (χ4v) is 3.04. The zero-order chi connectivity index (χ0) is 17.3. The summed E-state index contributed by atoms with van der Waals surface area (Å²) in [5, 5.41) is 3.36. The highest BCUT2D eigenvalue weighted by Crippen LogP contribution is 2.33. The summed E-state index contributed by atoms with van der Waals surface area (Å²) in [5.74, 6) is -0.726. The lowest BCUT2D eigenvalue weighted by atomic mass is 9.87. The molecule has 6 heteroatoms. The van der Waals surface area contributed by atoms with Crippen LogP contribution in [-0.2, 0) is 16.9 Å². The van der Waals surface area contributed by atoms with Crippen LogP contribution in [0.15, 0.2) is 48.5 Å². The van der Waals surface area contributed by atoms with Crippen LogP contribution >= 0.6 is 11.6 Å². The second-order valence-electron chi connectivity index (χ2n) is 5.71. The molecule has 124 valence electrons. The van der Waals surface area contributed by atoms with E-state index in [4.69, 9.17) is 11.6 Å². The lowest BCUT2D eigenvalue weighted by molar-refractivity contribution is -0.132. The summed E-state index contributed by atoms with van der Waals surface area (Å²) in [4.78, 5) is 26.5. The summed E-state index contributed by atoms with van der Waals surface area (Å²) in [5.41, 5.74) is 0.217. The molecule has 1 saturated heterocycles. The van der Waals surface area contributed by atoms with Crippen molar-refractivity contribution in [1.29, 1.82) is 0 Å². The van der Waals surface area contributed by atoms with Gasteiger partial charge in [-0.15, -0.1) is 0 Å². The van der Waals surface area contributed by atoms with Crippen molar-refractivity contribution >= 4 is 23.5 Å². The maximum absolute atomic E-state index is 13.2. The van der Waals surface area contributed by atoms with E-state index in [1.54, 1.807) is 24.3 Å². The Labute approximate surface area is 144 Å². The molecule has 3 rings (SSSR count). The Hall–Kier alpha value is -2.40. The van der Waals surface area contributed by atoms with E-state index in [1.807, 2.05) is 6.92 Å². The predicted octanol–water partition coefficient (Wildman–Crippen LogP) is 3.84. The van der Waals surface area contributed by atoms with Crippen LogP contribution in [0.5, 0.6) is 0 Å². The number of halogens is 2. The summed E-state index contributed by atoms with van der Waals surface area (Å²) >= 11 is 5.86. The molecule has 0 aromatic heterocycles. The molecule has 1 aliphatic rings. The monoisotopic (exact) mass is 346 g/mol. The molecule has 3 amide bonds. The third-order valence-corrected chi connectivity index (χ3v) is 4.55. The molecule has 0 spiro atoms. The fraction of sp³-hybridized carbons (Fsp3) is 0.222. The quantitative estimate of drug-likeness (QED) is 0.855. The van der Waals surface area contributed by atoms with E-state index in [0.29, 0.717) is 17.0 Å². The topological polar surface area (TPSA) is 49.4 Å². The number of amides is 3. The molecule has 24 heavy (non-hydrogen) atoms. The smallest absolute Gasteiger partial charge is 0.319 e. The highest BCUT2D eigenvalue weighted by Gasteiger charge is 2.51. The van der Waals surface area contributed by atoms with Gasteiger partial charge in [0.15, 0.2) is 0 Å². The number of imide groups is 1. The standard InChI is InChI=1S/C18H16ClFN2O2/c1-2-18(13-5-9-15(20)10-6-13)16(23)22(17(24)21-18)11-12-3-7-14(19)8-4-12/h3-10H,2,11H2,1H3,(H,21,24)/t18-/m0/s1. The molecule has 2 aromatic rings. The van der Waals surface area contributed by atoms with Crippen molar-refractivity contribution < 1.29 is 14.0 Å². The molecule has 1 N–H and O–H groups in total. The summed E-state index contributed by atoms with van der Waals surface area (Å²) in [6.45, 7) is 1.97. The molecule has 1 fully saturated rings. The van der Waals surface area contributed by atoms with Crippen molar-refractivity contribution in [2.75, 3.05) is 0 Å². The Morgan fingerprint density at radius 3 is 2.29 bits per heavy atom. The van der Waals surface area contributed by atoms with Gasteiger partial charge in [0, 0.05) is 5.02 Å². The predicted molar refractivity (Wildman–Crippen MR) is 88.9 cm³/mol. The van der Waals surface area contributed by atoms with E-state index in [2.05, 4.69) is 5.32 Å². The molecule has 1 heterocycles. The van der Waals surface area contributed by atoms with Crippen LogP contribution in [0.25, 0.3) is 0 Å². The van der Waals surface area contributed by atoms with Gasteiger partial charge in [0.25, 0.3) is 5.91 Å². The van der Waals surface area contributed by atoms with E-state index >= 15 is 0 Å². The Morgan fingerprint density at radius 2 is 1.71 bits per heavy atom. The summed E-state index contributed by atoms with van der Waals surface area (Å²) in [6.07, 6.45) is 0.375. The lowest BCUT2D eigenvalue weighted by Gasteiger charge is -2.25. The van der Waals surface area contributed by atoms with Gasteiger partial charge in [-0.05, 0) is 41.8 Å². The maximum atomic E-state index is 13.2. The number of nitrogens with zero attached hydrogens (tertiary/aromatic N) is 1. The average molecular weight is 347 g/mol. The zero-order valence-corrected chi connectivity index (χ0v) is 13.8. The van der Waals surface area contributed by atoms with Gasteiger partial charge < -0.3 is 5.32 Å². The number of rotatable bonds is 4. The number of urea groups is 1. The van der Waals surface area contributed by atoms with Crippen molar-refractivity contribution in [2.24, 2.45) is 0 Å². The third-order valence-electron chi connectivity index (χ3n) is 4.30. The van der Waals surface area contributed by atoms with Gasteiger partial charge in [-0.3, -0.25) is 9.69 Å². The first-order valence-corrected chi connectivity index (χ1v) is 7.98. The minimum absolute atomic E-state index is 0.158. The van der Waals surface area contributed by atoms with Gasteiger partial charge in [-0.25, -0.2) is 9.18 Å². The van der Waals surface area contributed by atoms with Gasteiger partial charge in [-0.2, -0.15) is 0 Å². The lowest BCUT2D eigenvalue weighted by Crippen LogP contribution is -2.43. The van der Waals surface area contributed by atoms with Gasteiger partial charge in [0.05, 0.1) is 6.54 Å². The van der Waals surface area contributed by atoms with E-state index in [1.165, 1.54) is 29.2 Å². The summed E-state index contributed by atoms with van der Waals surface area (Å²) in [6, 6.07) is 12.1. The molecular weight excluding hydrogens is 331 g/mol. The number of carbonyl (C=O) groups excluding carboxylic acids is 2. The summed E-state index contributed by atoms with van der Waals surface area (Å²) in [7, 11) is 0. The van der Waals surface area contributed by atoms with E-state index in [0.717, 1.165) is 5.56 Å². The third kappa shape index (κ3) is 2.76. The van der Waals surface area contributed by atoms with Crippen LogP contribution in [0.2, 0.25) is 5.02 Å². The minimum Gasteiger partial charge on any atom is -0.319 e. The maximum Gasteiger partial charge on any atom is 0.325 e. The van der Waals surface area contributed by atoms with Gasteiger partial charge >= 0.3 is 6.03 Å². The number of benzene rings is 2. The largest absolute Gasteiger partial charge is 0.325 e. The molecule has 0 aliphatic carbocycles. The van der Waals surface area contributed by atoms with Crippen LogP contribution in [0.3, 0.4) is 0 Å². The normalized spacial score (nSPS) is 20.4. The van der Waals surface area contributed by atoms with Crippen molar-refractivity contribution in [3.8, 4) is 0 Å².